The fraction of sp³-hybridized carbons (Fsp3) is 0.235. The summed E-state index contributed by atoms with van der Waals surface area (Å²) in [6, 6.07) is 11.9. The Labute approximate surface area is 141 Å². The van der Waals surface area contributed by atoms with Gasteiger partial charge in [-0.2, -0.15) is 13.2 Å². The Morgan fingerprint density at radius 2 is 1.79 bits per heavy atom. The van der Waals surface area contributed by atoms with Crippen molar-refractivity contribution in [3.63, 3.8) is 0 Å². The summed E-state index contributed by atoms with van der Waals surface area (Å²) in [6.45, 7) is -0.288. The Morgan fingerprint density at radius 1 is 1.08 bits per heavy atom. The lowest BCUT2D eigenvalue weighted by molar-refractivity contribution is -0.138. The number of amides is 1. The van der Waals surface area contributed by atoms with E-state index in [1.807, 2.05) is 30.3 Å². The molecule has 128 valence electrons. The fourth-order valence-corrected chi connectivity index (χ4v) is 2.90. The minimum Gasteiger partial charge on any atom is -0.352 e. The van der Waals surface area contributed by atoms with Gasteiger partial charge < -0.3 is 5.32 Å². The van der Waals surface area contributed by atoms with E-state index in [2.05, 4.69) is 5.32 Å². The molecule has 0 saturated carbocycles. The van der Waals surface area contributed by atoms with Crippen LogP contribution in [0.4, 0.5) is 17.6 Å². The van der Waals surface area contributed by atoms with Gasteiger partial charge in [0.2, 0.25) is 5.91 Å². The molecule has 2 nitrogen and oxygen atoms in total. The van der Waals surface area contributed by atoms with Crippen LogP contribution in [-0.2, 0) is 17.5 Å². The SMILES string of the molecule is O=C(CCSc1ccccc1)NCc1ccc(F)cc1C(F)(F)F. The number of alkyl halides is 3. The van der Waals surface area contributed by atoms with Crippen molar-refractivity contribution >= 4 is 17.7 Å². The molecule has 0 aliphatic carbocycles. The lowest BCUT2D eigenvalue weighted by Crippen LogP contribution is -2.24. The van der Waals surface area contributed by atoms with Crippen LogP contribution < -0.4 is 5.32 Å². The first-order valence-corrected chi connectivity index (χ1v) is 8.15. The molecule has 0 aliphatic rings. The van der Waals surface area contributed by atoms with Crippen molar-refractivity contribution in [3.8, 4) is 0 Å². The number of carbonyl (C=O) groups is 1. The molecule has 2 aromatic rings. The molecule has 24 heavy (non-hydrogen) atoms. The van der Waals surface area contributed by atoms with Gasteiger partial charge >= 0.3 is 6.18 Å². The summed E-state index contributed by atoms with van der Waals surface area (Å²) < 4.78 is 51.6. The Kier molecular flexibility index (Phi) is 6.25. The van der Waals surface area contributed by atoms with Crippen molar-refractivity contribution in [2.24, 2.45) is 0 Å². The van der Waals surface area contributed by atoms with E-state index in [4.69, 9.17) is 0 Å². The van der Waals surface area contributed by atoms with Crippen LogP contribution in [0.1, 0.15) is 17.5 Å². The van der Waals surface area contributed by atoms with E-state index in [0.29, 0.717) is 11.8 Å². The number of rotatable bonds is 6. The maximum atomic E-state index is 13.0. The molecule has 2 rings (SSSR count). The van der Waals surface area contributed by atoms with Crippen LogP contribution in [-0.4, -0.2) is 11.7 Å². The number of carbonyl (C=O) groups excluding carboxylic acids is 1. The Bertz CT molecular complexity index is 689. The second kappa shape index (κ2) is 8.19. The largest absolute Gasteiger partial charge is 0.416 e. The summed E-state index contributed by atoms with van der Waals surface area (Å²) in [6.07, 6.45) is -4.48. The molecule has 0 saturated heterocycles. The number of thioether (sulfide) groups is 1. The normalized spacial score (nSPS) is 11.3. The molecular formula is C17H15F4NOS. The van der Waals surface area contributed by atoms with E-state index in [9.17, 15) is 22.4 Å². The van der Waals surface area contributed by atoms with Crippen molar-refractivity contribution in [2.75, 3.05) is 5.75 Å². The van der Waals surface area contributed by atoms with Crippen LogP contribution >= 0.6 is 11.8 Å². The monoisotopic (exact) mass is 357 g/mol. The standard InChI is InChI=1S/C17H15F4NOS/c18-13-7-6-12(15(10-13)17(19,20)21)11-22-16(23)8-9-24-14-4-2-1-3-5-14/h1-7,10H,8-9,11H2,(H,22,23). The highest BCUT2D eigenvalue weighted by molar-refractivity contribution is 7.99. The van der Waals surface area contributed by atoms with Crippen LogP contribution in [0.5, 0.6) is 0 Å². The maximum Gasteiger partial charge on any atom is 0.416 e. The van der Waals surface area contributed by atoms with E-state index in [1.54, 1.807) is 0 Å². The molecule has 0 fully saturated rings. The average molecular weight is 357 g/mol. The molecular weight excluding hydrogens is 342 g/mol. The van der Waals surface area contributed by atoms with Gasteiger partial charge in [-0.3, -0.25) is 4.79 Å². The van der Waals surface area contributed by atoms with E-state index in [-0.39, 0.29) is 24.4 Å². The molecule has 1 amide bonds. The van der Waals surface area contributed by atoms with E-state index in [1.165, 1.54) is 11.8 Å². The molecule has 2 aromatic carbocycles. The van der Waals surface area contributed by atoms with E-state index >= 15 is 0 Å². The number of benzene rings is 2. The lowest BCUT2D eigenvalue weighted by atomic mass is 10.1. The fourth-order valence-electron chi connectivity index (χ4n) is 2.03. The first kappa shape index (κ1) is 18.3. The van der Waals surface area contributed by atoms with Crippen LogP contribution in [0, 0.1) is 5.82 Å². The summed E-state index contributed by atoms with van der Waals surface area (Å²) in [5, 5.41) is 2.44. The third-order valence-electron chi connectivity index (χ3n) is 3.19. The maximum absolute atomic E-state index is 13.0. The predicted octanol–water partition coefficient (Wildman–Crippen LogP) is 4.64. The molecule has 0 atom stereocenters. The zero-order valence-electron chi connectivity index (χ0n) is 12.6. The second-order valence-corrected chi connectivity index (χ2v) is 6.16. The summed E-state index contributed by atoms with van der Waals surface area (Å²) in [7, 11) is 0. The summed E-state index contributed by atoms with van der Waals surface area (Å²) >= 11 is 1.49. The Hall–Kier alpha value is -2.02. The molecule has 0 unspecified atom stereocenters. The zero-order chi connectivity index (χ0) is 17.6. The van der Waals surface area contributed by atoms with E-state index in [0.717, 1.165) is 17.0 Å². The van der Waals surface area contributed by atoms with Crippen molar-refractivity contribution in [1.29, 1.82) is 0 Å². The summed E-state index contributed by atoms with van der Waals surface area (Å²) in [4.78, 5) is 12.8. The van der Waals surface area contributed by atoms with Gasteiger partial charge in [0.15, 0.2) is 0 Å². The zero-order valence-corrected chi connectivity index (χ0v) is 13.4. The van der Waals surface area contributed by atoms with Crippen LogP contribution in [0.3, 0.4) is 0 Å². The summed E-state index contributed by atoms with van der Waals surface area (Å²) in [5.74, 6) is -0.793. The smallest absolute Gasteiger partial charge is 0.352 e. The van der Waals surface area contributed by atoms with Gasteiger partial charge in [-0.05, 0) is 29.8 Å². The first-order chi connectivity index (χ1) is 11.4. The molecule has 0 aliphatic heterocycles. The molecule has 0 radical (unpaired) electrons. The van der Waals surface area contributed by atoms with Gasteiger partial charge in [-0.15, -0.1) is 11.8 Å². The van der Waals surface area contributed by atoms with Crippen molar-refractivity contribution < 1.29 is 22.4 Å². The number of halogens is 4. The minimum atomic E-state index is -4.66. The number of nitrogens with one attached hydrogen (secondary N) is 1. The molecule has 0 heterocycles. The summed E-state index contributed by atoms with van der Waals surface area (Å²) in [5.41, 5.74) is -1.23. The van der Waals surface area contributed by atoms with Gasteiger partial charge in [-0.1, -0.05) is 24.3 Å². The third-order valence-corrected chi connectivity index (χ3v) is 4.21. The highest BCUT2D eigenvalue weighted by Crippen LogP contribution is 2.32. The molecule has 0 spiro atoms. The van der Waals surface area contributed by atoms with Crippen molar-refractivity contribution in [1.82, 2.24) is 5.32 Å². The lowest BCUT2D eigenvalue weighted by Gasteiger charge is -2.13. The van der Waals surface area contributed by atoms with Gasteiger partial charge in [0.1, 0.15) is 5.82 Å². The molecule has 0 aromatic heterocycles. The van der Waals surface area contributed by atoms with Gasteiger partial charge in [0.05, 0.1) is 5.56 Å². The third kappa shape index (κ3) is 5.56. The number of hydrogen-bond donors (Lipinski definition) is 1. The van der Waals surface area contributed by atoms with Gasteiger partial charge in [-0.25, -0.2) is 4.39 Å². The highest BCUT2D eigenvalue weighted by Gasteiger charge is 2.33. The first-order valence-electron chi connectivity index (χ1n) is 7.16. The minimum absolute atomic E-state index is 0.159. The van der Waals surface area contributed by atoms with Crippen molar-refractivity contribution in [3.05, 3.63) is 65.5 Å². The van der Waals surface area contributed by atoms with Crippen LogP contribution in [0.15, 0.2) is 53.4 Å². The molecule has 7 heteroatoms. The number of hydrogen-bond acceptors (Lipinski definition) is 2. The molecule has 0 bridgehead atoms. The van der Waals surface area contributed by atoms with Crippen LogP contribution in [0.25, 0.3) is 0 Å². The highest BCUT2D eigenvalue weighted by atomic mass is 32.2. The van der Waals surface area contributed by atoms with Gasteiger partial charge in [0.25, 0.3) is 0 Å². The van der Waals surface area contributed by atoms with Gasteiger partial charge in [0, 0.05) is 23.6 Å². The second-order valence-electron chi connectivity index (χ2n) is 4.99. The predicted molar refractivity (Wildman–Crippen MR) is 85.0 cm³/mol. The Morgan fingerprint density at radius 3 is 2.46 bits per heavy atom. The van der Waals surface area contributed by atoms with Crippen LogP contribution in [0.2, 0.25) is 0 Å². The average Bonchev–Trinajstić information content (AvgIpc) is 2.54. The van der Waals surface area contributed by atoms with E-state index < -0.39 is 17.6 Å². The Balaban J connectivity index is 1.86. The quantitative estimate of drug-likeness (QED) is 0.603. The topological polar surface area (TPSA) is 29.1 Å². The van der Waals surface area contributed by atoms with Crippen molar-refractivity contribution in [2.45, 2.75) is 24.0 Å². The molecule has 1 N–H and O–H groups in total.